The van der Waals surface area contributed by atoms with Crippen LogP contribution in [0.3, 0.4) is 0 Å². The van der Waals surface area contributed by atoms with Crippen LogP contribution >= 0.6 is 11.6 Å². The predicted octanol–water partition coefficient (Wildman–Crippen LogP) is 3.58. The zero-order valence-electron chi connectivity index (χ0n) is 14.0. The smallest absolute Gasteiger partial charge is 0.181 e. The number of halogens is 1. The maximum Gasteiger partial charge on any atom is 0.181 e. The van der Waals surface area contributed by atoms with Gasteiger partial charge in [-0.2, -0.15) is 5.10 Å². The molecule has 6 nitrogen and oxygen atoms in total. The molecule has 25 heavy (non-hydrogen) atoms. The first-order valence-electron chi connectivity index (χ1n) is 7.87. The molecule has 1 heterocycles. The molecule has 0 unspecified atom stereocenters. The summed E-state index contributed by atoms with van der Waals surface area (Å²) >= 11 is 6.02. The number of rotatable bonds is 6. The first-order chi connectivity index (χ1) is 12.1. The number of benzene rings is 2. The van der Waals surface area contributed by atoms with Gasteiger partial charge in [0.2, 0.25) is 0 Å². The minimum Gasteiger partial charge on any atom is -0.493 e. The Kier molecular flexibility index (Phi) is 5.21. The number of methoxy groups -OCH3 is 1. The zero-order chi connectivity index (χ0) is 17.8. The van der Waals surface area contributed by atoms with Crippen molar-refractivity contribution in [3.63, 3.8) is 0 Å². The van der Waals surface area contributed by atoms with Gasteiger partial charge in [0.25, 0.3) is 0 Å². The van der Waals surface area contributed by atoms with Crippen LogP contribution in [0, 0.1) is 0 Å². The zero-order valence-corrected chi connectivity index (χ0v) is 14.7. The molecule has 0 aliphatic rings. The lowest BCUT2D eigenvalue weighted by Crippen LogP contribution is -2.14. The highest BCUT2D eigenvalue weighted by atomic mass is 35.5. The number of aromatic nitrogens is 3. The second-order valence-corrected chi connectivity index (χ2v) is 5.81. The lowest BCUT2D eigenvalue weighted by atomic mass is 10.1. The standard InChI is InChI=1S/C18H19ClN4O2/c1-3-25-15-10-11(7-8-14(15)24-2)16(20)18-21-17(22-23-18)12-5-4-6-13(19)9-12/h4-10,16H,3,20H2,1-2H3,(H,21,22,23)/t16-/m1/s1. The third-order valence-corrected chi connectivity index (χ3v) is 3.96. The molecular formula is C18H19ClN4O2. The second-order valence-electron chi connectivity index (χ2n) is 5.38. The van der Waals surface area contributed by atoms with Crippen LogP contribution < -0.4 is 15.2 Å². The Labute approximate surface area is 150 Å². The van der Waals surface area contributed by atoms with Crippen molar-refractivity contribution in [3.05, 3.63) is 58.9 Å². The van der Waals surface area contributed by atoms with Crippen molar-refractivity contribution in [2.24, 2.45) is 5.73 Å². The number of hydrogen-bond donors (Lipinski definition) is 2. The highest BCUT2D eigenvalue weighted by molar-refractivity contribution is 6.30. The second kappa shape index (κ2) is 7.55. The molecule has 3 N–H and O–H groups in total. The quantitative estimate of drug-likeness (QED) is 0.703. The van der Waals surface area contributed by atoms with Crippen molar-refractivity contribution >= 4 is 11.6 Å². The molecule has 0 amide bonds. The van der Waals surface area contributed by atoms with Crippen molar-refractivity contribution in [3.8, 4) is 22.9 Å². The molecule has 130 valence electrons. The summed E-state index contributed by atoms with van der Waals surface area (Å²) in [7, 11) is 1.60. The van der Waals surface area contributed by atoms with E-state index in [1.165, 1.54) is 0 Å². The lowest BCUT2D eigenvalue weighted by Gasteiger charge is -2.14. The van der Waals surface area contributed by atoms with Gasteiger partial charge in [-0.3, -0.25) is 5.10 Å². The molecule has 7 heteroatoms. The molecule has 2 aromatic carbocycles. The van der Waals surface area contributed by atoms with E-state index in [4.69, 9.17) is 26.8 Å². The molecule has 1 atom stereocenters. The largest absolute Gasteiger partial charge is 0.493 e. The molecule has 0 radical (unpaired) electrons. The number of aromatic amines is 1. The Balaban J connectivity index is 1.89. The molecule has 0 saturated carbocycles. The molecule has 3 rings (SSSR count). The average Bonchev–Trinajstić information content (AvgIpc) is 3.11. The maximum absolute atomic E-state index is 6.34. The molecule has 0 aliphatic carbocycles. The minimum absolute atomic E-state index is 0.467. The van der Waals surface area contributed by atoms with E-state index in [0.717, 1.165) is 11.1 Å². The molecule has 0 bridgehead atoms. The summed E-state index contributed by atoms with van der Waals surface area (Å²) in [5.74, 6) is 2.41. The summed E-state index contributed by atoms with van der Waals surface area (Å²) in [5, 5.41) is 7.77. The van der Waals surface area contributed by atoms with E-state index in [-0.39, 0.29) is 0 Å². The van der Waals surface area contributed by atoms with Gasteiger partial charge >= 0.3 is 0 Å². The molecule has 0 aliphatic heterocycles. The van der Waals surface area contributed by atoms with Gasteiger partial charge in [-0.15, -0.1) is 0 Å². The van der Waals surface area contributed by atoms with E-state index in [0.29, 0.717) is 34.8 Å². The third-order valence-electron chi connectivity index (χ3n) is 3.73. The van der Waals surface area contributed by atoms with Crippen LogP contribution in [0.25, 0.3) is 11.4 Å². The summed E-state index contributed by atoms with van der Waals surface area (Å²) in [6.45, 7) is 2.45. The first-order valence-corrected chi connectivity index (χ1v) is 8.24. The van der Waals surface area contributed by atoms with Gasteiger partial charge < -0.3 is 15.2 Å². The van der Waals surface area contributed by atoms with Crippen LogP contribution in [-0.4, -0.2) is 28.9 Å². The predicted molar refractivity (Wildman–Crippen MR) is 97.0 cm³/mol. The van der Waals surface area contributed by atoms with Crippen LogP contribution in [0.15, 0.2) is 42.5 Å². The molecule has 1 aromatic heterocycles. The van der Waals surface area contributed by atoms with E-state index in [1.807, 2.05) is 37.3 Å². The fraction of sp³-hybridized carbons (Fsp3) is 0.222. The van der Waals surface area contributed by atoms with Gasteiger partial charge in [0.1, 0.15) is 5.82 Å². The SMILES string of the molecule is CCOc1cc([C@@H](N)c2nc(-c3cccc(Cl)c3)n[nH]2)ccc1OC. The number of H-pyrrole nitrogens is 1. The van der Waals surface area contributed by atoms with Crippen molar-refractivity contribution in [2.45, 2.75) is 13.0 Å². The summed E-state index contributed by atoms with van der Waals surface area (Å²) < 4.78 is 10.9. The van der Waals surface area contributed by atoms with E-state index in [9.17, 15) is 0 Å². The maximum atomic E-state index is 6.34. The van der Waals surface area contributed by atoms with Crippen LogP contribution in [-0.2, 0) is 0 Å². The number of ether oxygens (including phenoxy) is 2. The van der Waals surface area contributed by atoms with Crippen LogP contribution in [0.4, 0.5) is 0 Å². The fourth-order valence-electron chi connectivity index (χ4n) is 2.48. The molecule has 0 saturated heterocycles. The Morgan fingerprint density at radius 1 is 1.20 bits per heavy atom. The molecule has 3 aromatic rings. The Morgan fingerprint density at radius 2 is 2.04 bits per heavy atom. The van der Waals surface area contributed by atoms with Gasteiger partial charge in [0, 0.05) is 10.6 Å². The molecular weight excluding hydrogens is 340 g/mol. The Hall–Kier alpha value is -2.57. The summed E-state index contributed by atoms with van der Waals surface area (Å²) in [4.78, 5) is 4.49. The lowest BCUT2D eigenvalue weighted by molar-refractivity contribution is 0.310. The number of hydrogen-bond acceptors (Lipinski definition) is 5. The Morgan fingerprint density at radius 3 is 2.76 bits per heavy atom. The van der Waals surface area contributed by atoms with Crippen LogP contribution in [0.2, 0.25) is 5.02 Å². The summed E-state index contributed by atoms with van der Waals surface area (Å²) in [6.07, 6.45) is 0. The molecule has 0 spiro atoms. The van der Waals surface area contributed by atoms with Crippen LogP contribution in [0.5, 0.6) is 11.5 Å². The summed E-state index contributed by atoms with van der Waals surface area (Å²) in [5.41, 5.74) is 8.01. The molecule has 0 fully saturated rings. The highest BCUT2D eigenvalue weighted by Crippen LogP contribution is 2.31. The minimum atomic E-state index is -0.467. The van der Waals surface area contributed by atoms with E-state index < -0.39 is 6.04 Å². The fourth-order valence-corrected chi connectivity index (χ4v) is 2.67. The van der Waals surface area contributed by atoms with Crippen molar-refractivity contribution in [1.29, 1.82) is 0 Å². The third kappa shape index (κ3) is 3.75. The number of nitrogens with two attached hydrogens (primary N) is 1. The van der Waals surface area contributed by atoms with Crippen molar-refractivity contribution in [2.75, 3.05) is 13.7 Å². The number of nitrogens with one attached hydrogen (secondary N) is 1. The topological polar surface area (TPSA) is 86.0 Å². The average molecular weight is 359 g/mol. The van der Waals surface area contributed by atoms with Gasteiger partial charge in [-0.25, -0.2) is 4.98 Å². The van der Waals surface area contributed by atoms with Gasteiger partial charge in [0.15, 0.2) is 17.3 Å². The van der Waals surface area contributed by atoms with E-state index in [1.54, 1.807) is 19.2 Å². The summed E-state index contributed by atoms with van der Waals surface area (Å²) in [6, 6.07) is 12.5. The van der Waals surface area contributed by atoms with Crippen molar-refractivity contribution in [1.82, 2.24) is 15.2 Å². The normalized spacial score (nSPS) is 12.0. The van der Waals surface area contributed by atoms with Gasteiger partial charge in [-0.1, -0.05) is 29.8 Å². The van der Waals surface area contributed by atoms with Gasteiger partial charge in [0.05, 0.1) is 19.8 Å². The highest BCUT2D eigenvalue weighted by Gasteiger charge is 2.17. The monoisotopic (exact) mass is 358 g/mol. The van der Waals surface area contributed by atoms with E-state index >= 15 is 0 Å². The first kappa shape index (κ1) is 17.3. The van der Waals surface area contributed by atoms with Crippen LogP contribution in [0.1, 0.15) is 24.4 Å². The number of nitrogens with zero attached hydrogens (tertiary/aromatic N) is 2. The van der Waals surface area contributed by atoms with E-state index in [2.05, 4.69) is 15.2 Å². The Bertz CT molecular complexity index is 866. The van der Waals surface area contributed by atoms with Crippen molar-refractivity contribution < 1.29 is 9.47 Å². The van der Waals surface area contributed by atoms with Gasteiger partial charge in [-0.05, 0) is 36.8 Å².